The molecule has 0 saturated carbocycles. The smallest absolute Gasteiger partial charge is 0.298 e. The molecular formula is C31H32BrN3O2Si. The molecule has 2 aromatic carbocycles. The van der Waals surface area contributed by atoms with Crippen molar-refractivity contribution in [3.63, 3.8) is 0 Å². The van der Waals surface area contributed by atoms with Crippen molar-refractivity contribution in [2.75, 3.05) is 6.54 Å². The molecule has 0 fully saturated rings. The van der Waals surface area contributed by atoms with E-state index in [9.17, 15) is 4.79 Å². The molecule has 2 aromatic heterocycles. The summed E-state index contributed by atoms with van der Waals surface area (Å²) in [5.74, 6) is 3.48. The maximum absolute atomic E-state index is 13.4. The lowest BCUT2D eigenvalue weighted by molar-refractivity contribution is -0.127. The Morgan fingerprint density at radius 3 is 2.50 bits per heavy atom. The molecule has 38 heavy (non-hydrogen) atoms. The van der Waals surface area contributed by atoms with Crippen molar-refractivity contribution >= 4 is 40.8 Å². The molecule has 4 aromatic rings. The van der Waals surface area contributed by atoms with Gasteiger partial charge in [0.1, 0.15) is 8.07 Å². The number of carbonyl (C=O) groups excluding carboxylic acids is 1. The van der Waals surface area contributed by atoms with E-state index in [1.165, 1.54) is 10.9 Å². The number of halogens is 1. The number of carbonyl (C=O) groups is 1. The summed E-state index contributed by atoms with van der Waals surface area (Å²) in [7, 11) is -1.68. The number of benzene rings is 2. The van der Waals surface area contributed by atoms with Crippen LogP contribution in [0, 0.1) is 11.5 Å². The van der Waals surface area contributed by atoms with Crippen LogP contribution >= 0.6 is 15.9 Å². The zero-order chi connectivity index (χ0) is 27.0. The zero-order valence-corrected chi connectivity index (χ0v) is 25.0. The van der Waals surface area contributed by atoms with E-state index < -0.39 is 8.07 Å². The molecule has 1 unspecified atom stereocenters. The van der Waals surface area contributed by atoms with Crippen LogP contribution in [-0.2, 0) is 11.2 Å². The molecule has 1 aliphatic heterocycles. The molecule has 1 N–H and O–H groups in total. The predicted octanol–water partition coefficient (Wildman–Crippen LogP) is 7.13. The SMILES string of the molecule is CC(C)Oc1ccc(-c2ccc(C3c4[nH]c5ccc(Br)cc5c4CCN3C(=O)C#C[Si](C)(C)C)cc2)cn1. The standard InChI is InChI=1S/C31H32BrN3O2Si/c1-20(2)37-28-13-10-23(19-33-28)21-6-8-22(9-7-21)31-30-25(26-18-24(32)11-12-27(26)34-30)14-16-35(31)29(36)15-17-38(3,4)5/h6-13,18-20,31,34H,14,16H2,1-5H3. The fourth-order valence-electron chi connectivity index (χ4n) is 4.86. The van der Waals surface area contributed by atoms with Crippen molar-refractivity contribution in [1.29, 1.82) is 0 Å². The van der Waals surface area contributed by atoms with Crippen molar-refractivity contribution in [2.45, 2.75) is 52.1 Å². The Bertz CT molecular complexity index is 1540. The highest BCUT2D eigenvalue weighted by molar-refractivity contribution is 9.10. The van der Waals surface area contributed by atoms with Crippen molar-refractivity contribution in [3.05, 3.63) is 82.1 Å². The Morgan fingerprint density at radius 2 is 1.84 bits per heavy atom. The van der Waals surface area contributed by atoms with Crippen LogP contribution in [0.25, 0.3) is 22.0 Å². The zero-order valence-electron chi connectivity index (χ0n) is 22.4. The van der Waals surface area contributed by atoms with E-state index in [1.807, 2.05) is 43.1 Å². The van der Waals surface area contributed by atoms with Crippen LogP contribution in [0.5, 0.6) is 5.88 Å². The van der Waals surface area contributed by atoms with Crippen LogP contribution in [-0.4, -0.2) is 41.5 Å². The van der Waals surface area contributed by atoms with E-state index in [0.29, 0.717) is 12.4 Å². The lowest BCUT2D eigenvalue weighted by atomic mass is 9.91. The van der Waals surface area contributed by atoms with E-state index in [4.69, 9.17) is 4.74 Å². The Balaban J connectivity index is 1.53. The van der Waals surface area contributed by atoms with Gasteiger partial charge < -0.3 is 14.6 Å². The predicted molar refractivity (Wildman–Crippen MR) is 160 cm³/mol. The highest BCUT2D eigenvalue weighted by Crippen LogP contribution is 2.39. The van der Waals surface area contributed by atoms with Crippen LogP contribution < -0.4 is 4.74 Å². The van der Waals surface area contributed by atoms with E-state index >= 15 is 0 Å². The van der Waals surface area contributed by atoms with Crippen LogP contribution in [0.4, 0.5) is 0 Å². The summed E-state index contributed by atoms with van der Waals surface area (Å²) >= 11 is 3.62. The number of rotatable bonds is 4. The molecule has 194 valence electrons. The third-order valence-corrected chi connectivity index (χ3v) is 7.92. The largest absolute Gasteiger partial charge is 0.475 e. The second kappa shape index (κ2) is 10.4. The van der Waals surface area contributed by atoms with Gasteiger partial charge in [-0.1, -0.05) is 59.8 Å². The van der Waals surface area contributed by atoms with E-state index in [2.05, 4.69) is 93.4 Å². The lowest BCUT2D eigenvalue weighted by Crippen LogP contribution is -2.40. The highest BCUT2D eigenvalue weighted by atomic mass is 79.9. The average Bonchev–Trinajstić information content (AvgIpc) is 3.24. The van der Waals surface area contributed by atoms with Crippen molar-refractivity contribution < 1.29 is 9.53 Å². The van der Waals surface area contributed by atoms with Crippen LogP contribution in [0.1, 0.15) is 36.7 Å². The van der Waals surface area contributed by atoms with Gasteiger partial charge in [0.2, 0.25) is 5.88 Å². The molecule has 0 saturated heterocycles. The van der Waals surface area contributed by atoms with Crippen LogP contribution in [0.3, 0.4) is 0 Å². The minimum atomic E-state index is -1.68. The Morgan fingerprint density at radius 1 is 1.11 bits per heavy atom. The number of aromatic nitrogens is 2. The van der Waals surface area contributed by atoms with Gasteiger partial charge >= 0.3 is 0 Å². The maximum atomic E-state index is 13.4. The highest BCUT2D eigenvalue weighted by Gasteiger charge is 2.34. The molecule has 0 aliphatic carbocycles. The van der Waals surface area contributed by atoms with E-state index in [-0.39, 0.29) is 18.1 Å². The first-order chi connectivity index (χ1) is 18.1. The molecule has 3 heterocycles. The Hall–Kier alpha value is -3.34. The van der Waals surface area contributed by atoms with Gasteiger partial charge in [-0.25, -0.2) is 4.98 Å². The van der Waals surface area contributed by atoms with Crippen molar-refractivity contribution in [3.8, 4) is 28.5 Å². The van der Waals surface area contributed by atoms with Crippen molar-refractivity contribution in [1.82, 2.24) is 14.9 Å². The van der Waals surface area contributed by atoms with E-state index in [1.54, 1.807) is 0 Å². The topological polar surface area (TPSA) is 58.2 Å². The lowest BCUT2D eigenvalue weighted by Gasteiger charge is -2.35. The summed E-state index contributed by atoms with van der Waals surface area (Å²) in [5, 5.41) is 1.20. The molecular weight excluding hydrogens is 554 g/mol. The van der Waals surface area contributed by atoms with Gasteiger partial charge in [-0.3, -0.25) is 4.79 Å². The van der Waals surface area contributed by atoms with Crippen LogP contribution in [0.2, 0.25) is 19.6 Å². The number of hydrogen-bond acceptors (Lipinski definition) is 3. The minimum Gasteiger partial charge on any atom is -0.475 e. The molecule has 0 spiro atoms. The summed E-state index contributed by atoms with van der Waals surface area (Å²) in [6, 6.07) is 18.4. The number of nitrogens with one attached hydrogen (secondary N) is 1. The Labute approximate surface area is 233 Å². The molecule has 0 radical (unpaired) electrons. The van der Waals surface area contributed by atoms with Gasteiger partial charge in [0.15, 0.2) is 0 Å². The summed E-state index contributed by atoms with van der Waals surface area (Å²) in [6.07, 6.45) is 2.71. The van der Waals surface area contributed by atoms with Gasteiger partial charge in [0, 0.05) is 45.4 Å². The van der Waals surface area contributed by atoms with Gasteiger partial charge in [0.05, 0.1) is 12.1 Å². The monoisotopic (exact) mass is 585 g/mol. The summed E-state index contributed by atoms with van der Waals surface area (Å²) in [4.78, 5) is 23.4. The first-order valence-corrected chi connectivity index (χ1v) is 17.3. The second-order valence-electron chi connectivity index (χ2n) is 11.0. The fraction of sp³-hybridized carbons (Fsp3) is 0.290. The molecule has 5 rings (SSSR count). The van der Waals surface area contributed by atoms with Gasteiger partial charge in [-0.05, 0) is 67.1 Å². The third-order valence-electron chi connectivity index (χ3n) is 6.55. The summed E-state index contributed by atoms with van der Waals surface area (Å²) in [5.41, 5.74) is 9.80. The van der Waals surface area contributed by atoms with Gasteiger partial charge in [-0.2, -0.15) is 0 Å². The molecule has 0 bridgehead atoms. The number of ether oxygens (including phenoxy) is 1. The summed E-state index contributed by atoms with van der Waals surface area (Å²) in [6.45, 7) is 11.1. The second-order valence-corrected chi connectivity index (χ2v) is 16.7. The molecule has 1 aliphatic rings. The maximum Gasteiger partial charge on any atom is 0.298 e. The number of fused-ring (bicyclic) bond motifs is 3. The molecule has 1 amide bonds. The van der Waals surface area contributed by atoms with E-state index in [0.717, 1.165) is 38.8 Å². The number of H-pyrrole nitrogens is 1. The first kappa shape index (κ1) is 26.3. The quantitative estimate of drug-likeness (QED) is 0.204. The minimum absolute atomic E-state index is 0.0832. The number of nitrogens with zero attached hydrogens (tertiary/aromatic N) is 2. The molecule has 1 atom stereocenters. The number of amides is 1. The van der Waals surface area contributed by atoms with Crippen LogP contribution in [0.15, 0.2) is 65.3 Å². The molecule has 5 nitrogen and oxygen atoms in total. The number of aromatic amines is 1. The van der Waals surface area contributed by atoms with Gasteiger partial charge in [0.25, 0.3) is 5.91 Å². The molecule has 7 heteroatoms. The van der Waals surface area contributed by atoms with Crippen molar-refractivity contribution in [2.24, 2.45) is 0 Å². The number of hydrogen-bond donors (Lipinski definition) is 1. The first-order valence-electron chi connectivity index (χ1n) is 13.0. The third kappa shape index (κ3) is 5.57. The van der Waals surface area contributed by atoms with Gasteiger partial charge in [-0.15, -0.1) is 5.54 Å². The summed E-state index contributed by atoms with van der Waals surface area (Å²) < 4.78 is 6.73. The Kier molecular flexibility index (Phi) is 7.21. The normalized spacial score (nSPS) is 15.2. The fourth-order valence-corrected chi connectivity index (χ4v) is 5.70. The average molecular weight is 587 g/mol. The number of pyridine rings is 1.